The summed E-state index contributed by atoms with van der Waals surface area (Å²) in [4.78, 5) is 12.0. The summed E-state index contributed by atoms with van der Waals surface area (Å²) in [6, 6.07) is 7.36. The fourth-order valence-electron chi connectivity index (χ4n) is 2.19. The van der Waals surface area contributed by atoms with E-state index in [0.717, 1.165) is 6.42 Å². The average molecular weight is 350 g/mol. The molecule has 0 fully saturated rings. The molecule has 130 valence electrons. The smallest absolute Gasteiger partial charge is 0.251 e. The van der Waals surface area contributed by atoms with E-state index in [9.17, 15) is 13.2 Å². The van der Waals surface area contributed by atoms with Gasteiger partial charge in [0.05, 0.1) is 11.4 Å². The van der Waals surface area contributed by atoms with E-state index in [-0.39, 0.29) is 16.8 Å². The van der Waals surface area contributed by atoms with Gasteiger partial charge in [-0.25, -0.2) is 13.1 Å². The second kappa shape index (κ2) is 8.07. The largest absolute Gasteiger partial charge is 0.352 e. The lowest BCUT2D eigenvalue weighted by Gasteiger charge is -2.14. The highest BCUT2D eigenvalue weighted by atomic mass is 32.2. The molecule has 0 saturated carbocycles. The number of nitrogens with one attached hydrogen (secondary N) is 2. The molecule has 0 aliphatic heterocycles. The van der Waals surface area contributed by atoms with Crippen LogP contribution >= 0.6 is 0 Å². The molecule has 0 radical (unpaired) electrons. The van der Waals surface area contributed by atoms with Gasteiger partial charge in [-0.1, -0.05) is 6.92 Å². The van der Waals surface area contributed by atoms with E-state index >= 15 is 0 Å². The molecular weight excluding hydrogens is 328 g/mol. The molecule has 7 nitrogen and oxygen atoms in total. The van der Waals surface area contributed by atoms with E-state index in [1.807, 2.05) is 6.92 Å². The average Bonchev–Trinajstić information content (AvgIpc) is 3.05. The van der Waals surface area contributed by atoms with Gasteiger partial charge >= 0.3 is 0 Å². The first-order valence-electron chi connectivity index (χ1n) is 7.80. The van der Waals surface area contributed by atoms with Gasteiger partial charge < -0.3 is 5.32 Å². The Labute approximate surface area is 142 Å². The third-order valence-corrected chi connectivity index (χ3v) is 4.94. The third kappa shape index (κ3) is 4.90. The molecule has 8 heteroatoms. The number of aromatic nitrogens is 2. The Morgan fingerprint density at radius 3 is 2.58 bits per heavy atom. The highest BCUT2D eigenvalue weighted by Crippen LogP contribution is 2.11. The second-order valence-corrected chi connectivity index (χ2v) is 7.24. The first-order valence-corrected chi connectivity index (χ1v) is 9.28. The van der Waals surface area contributed by atoms with Crippen molar-refractivity contribution in [3.8, 4) is 0 Å². The van der Waals surface area contributed by atoms with Gasteiger partial charge in [0.25, 0.3) is 5.91 Å². The van der Waals surface area contributed by atoms with Crippen molar-refractivity contribution in [2.24, 2.45) is 0 Å². The highest BCUT2D eigenvalue weighted by Gasteiger charge is 2.18. The predicted octanol–water partition coefficient (Wildman–Crippen LogP) is 1.39. The zero-order chi connectivity index (χ0) is 17.6. The van der Waals surface area contributed by atoms with Gasteiger partial charge in [-0.05, 0) is 43.7 Å². The highest BCUT2D eigenvalue weighted by molar-refractivity contribution is 7.89. The van der Waals surface area contributed by atoms with Gasteiger partial charge in [0, 0.05) is 30.5 Å². The quantitative estimate of drug-likeness (QED) is 0.752. The van der Waals surface area contributed by atoms with Crippen LogP contribution < -0.4 is 10.0 Å². The van der Waals surface area contributed by atoms with Gasteiger partial charge in [-0.2, -0.15) is 5.10 Å². The number of hydrogen-bond donors (Lipinski definition) is 2. The van der Waals surface area contributed by atoms with Crippen molar-refractivity contribution in [2.75, 3.05) is 6.54 Å². The van der Waals surface area contributed by atoms with Crippen LogP contribution in [0.4, 0.5) is 0 Å². The Balaban J connectivity index is 2.02. The number of nitrogens with zero attached hydrogens (tertiary/aromatic N) is 2. The summed E-state index contributed by atoms with van der Waals surface area (Å²) in [5, 5.41) is 6.80. The molecule has 1 heterocycles. The van der Waals surface area contributed by atoms with E-state index < -0.39 is 10.0 Å². The fourth-order valence-corrected chi connectivity index (χ4v) is 3.42. The lowest BCUT2D eigenvalue weighted by atomic mass is 10.2. The monoisotopic (exact) mass is 350 g/mol. The molecule has 0 spiro atoms. The standard InChI is InChI=1S/C16H22N4O3S/c1-3-9-17-16(21)14-5-7-15(8-6-14)24(22,23)19-13(2)12-20-11-4-10-18-20/h4-8,10-11,13,19H,3,9,12H2,1-2H3,(H,17,21)/t13-/m1/s1. The number of carbonyl (C=O) groups is 1. The minimum absolute atomic E-state index is 0.127. The van der Waals surface area contributed by atoms with Crippen molar-refractivity contribution in [2.45, 2.75) is 37.8 Å². The van der Waals surface area contributed by atoms with Crippen LogP contribution in [-0.4, -0.2) is 36.7 Å². The maximum absolute atomic E-state index is 12.4. The van der Waals surface area contributed by atoms with Crippen LogP contribution in [0, 0.1) is 0 Å². The molecule has 2 aromatic rings. The predicted molar refractivity (Wildman–Crippen MR) is 91.1 cm³/mol. The summed E-state index contributed by atoms with van der Waals surface area (Å²) in [7, 11) is -3.64. The molecule has 2 N–H and O–H groups in total. The Bertz CT molecular complexity index is 755. The fraction of sp³-hybridized carbons (Fsp3) is 0.375. The van der Waals surface area contributed by atoms with E-state index in [2.05, 4.69) is 15.1 Å². The summed E-state index contributed by atoms with van der Waals surface area (Å²) in [6.07, 6.45) is 4.26. The summed E-state index contributed by atoms with van der Waals surface area (Å²) >= 11 is 0. The van der Waals surface area contributed by atoms with Crippen molar-refractivity contribution < 1.29 is 13.2 Å². The molecule has 0 bridgehead atoms. The van der Waals surface area contributed by atoms with Crippen LogP contribution in [0.2, 0.25) is 0 Å². The van der Waals surface area contributed by atoms with E-state index in [1.54, 1.807) is 30.1 Å². The van der Waals surface area contributed by atoms with Crippen LogP contribution in [0.5, 0.6) is 0 Å². The molecular formula is C16H22N4O3S. The number of benzene rings is 1. The minimum Gasteiger partial charge on any atom is -0.352 e. The van der Waals surface area contributed by atoms with Crippen LogP contribution in [0.3, 0.4) is 0 Å². The number of amides is 1. The Morgan fingerprint density at radius 2 is 2.00 bits per heavy atom. The van der Waals surface area contributed by atoms with Crippen molar-refractivity contribution in [3.63, 3.8) is 0 Å². The maximum atomic E-state index is 12.4. The van der Waals surface area contributed by atoms with Crippen LogP contribution in [0.25, 0.3) is 0 Å². The third-order valence-electron chi connectivity index (χ3n) is 3.34. The minimum atomic E-state index is -3.64. The zero-order valence-corrected chi connectivity index (χ0v) is 14.6. The number of rotatable bonds is 8. The molecule has 1 aromatic heterocycles. The van der Waals surface area contributed by atoms with Gasteiger partial charge in [0.2, 0.25) is 10.0 Å². The Kier molecular flexibility index (Phi) is 6.10. The molecule has 1 aromatic carbocycles. The van der Waals surface area contributed by atoms with Crippen molar-refractivity contribution >= 4 is 15.9 Å². The van der Waals surface area contributed by atoms with Crippen LogP contribution in [-0.2, 0) is 16.6 Å². The Morgan fingerprint density at radius 1 is 1.29 bits per heavy atom. The summed E-state index contributed by atoms with van der Waals surface area (Å²) in [6.45, 7) is 4.76. The SMILES string of the molecule is CCCNC(=O)c1ccc(S(=O)(=O)N[C@H](C)Cn2cccn2)cc1. The molecule has 1 amide bonds. The lowest BCUT2D eigenvalue weighted by molar-refractivity contribution is 0.0953. The summed E-state index contributed by atoms with van der Waals surface area (Å²) in [5.41, 5.74) is 0.437. The first kappa shape index (κ1) is 18.2. The molecule has 0 aliphatic carbocycles. The number of carbonyl (C=O) groups excluding carboxylic acids is 1. The summed E-state index contributed by atoms with van der Waals surface area (Å²) in [5.74, 6) is -0.208. The molecule has 24 heavy (non-hydrogen) atoms. The number of sulfonamides is 1. The summed E-state index contributed by atoms with van der Waals surface area (Å²) < 4.78 is 29.0. The van der Waals surface area contributed by atoms with Gasteiger partial charge in [-0.15, -0.1) is 0 Å². The van der Waals surface area contributed by atoms with E-state index in [1.165, 1.54) is 24.3 Å². The molecule has 0 unspecified atom stereocenters. The van der Waals surface area contributed by atoms with Gasteiger partial charge in [0.15, 0.2) is 0 Å². The van der Waals surface area contributed by atoms with Crippen molar-refractivity contribution in [1.29, 1.82) is 0 Å². The molecule has 0 aliphatic rings. The van der Waals surface area contributed by atoms with Crippen molar-refractivity contribution in [1.82, 2.24) is 19.8 Å². The zero-order valence-electron chi connectivity index (χ0n) is 13.8. The molecule has 2 rings (SSSR count). The molecule has 0 saturated heterocycles. The number of hydrogen-bond acceptors (Lipinski definition) is 4. The van der Waals surface area contributed by atoms with Crippen molar-refractivity contribution in [3.05, 3.63) is 48.3 Å². The van der Waals surface area contributed by atoms with E-state index in [0.29, 0.717) is 18.7 Å². The Hall–Kier alpha value is -2.19. The topological polar surface area (TPSA) is 93.1 Å². The normalized spacial score (nSPS) is 12.8. The maximum Gasteiger partial charge on any atom is 0.251 e. The second-order valence-electron chi connectivity index (χ2n) is 5.53. The molecule has 1 atom stereocenters. The lowest BCUT2D eigenvalue weighted by Crippen LogP contribution is -2.35. The van der Waals surface area contributed by atoms with Gasteiger partial charge in [0.1, 0.15) is 0 Å². The van der Waals surface area contributed by atoms with E-state index in [4.69, 9.17) is 0 Å². The first-order chi connectivity index (χ1) is 11.4. The van der Waals surface area contributed by atoms with Crippen LogP contribution in [0.1, 0.15) is 30.6 Å². The van der Waals surface area contributed by atoms with Crippen LogP contribution in [0.15, 0.2) is 47.6 Å². The van der Waals surface area contributed by atoms with Gasteiger partial charge in [-0.3, -0.25) is 9.48 Å².